The molecule has 0 atom stereocenters. The molecule has 0 spiro atoms. The number of thiocarbonyl (C=S) groups is 1. The maximum absolute atomic E-state index is 5.92. The SMILES string of the molecule is C=CCNC(=S)N=C(Nc1ccc(Cl)cc1)Nc1nc(C)cc(C)n1. The molecule has 0 amide bonds. The third-order valence-electron chi connectivity index (χ3n) is 2.93. The van der Waals surface area contributed by atoms with Crippen LogP contribution in [0, 0.1) is 13.8 Å². The minimum Gasteiger partial charge on any atom is -0.357 e. The Labute approximate surface area is 157 Å². The number of aryl methyl sites for hydroxylation is 2. The van der Waals surface area contributed by atoms with Crippen LogP contribution in [-0.4, -0.2) is 27.6 Å². The van der Waals surface area contributed by atoms with E-state index in [0.29, 0.717) is 28.6 Å². The molecule has 0 aliphatic rings. The van der Waals surface area contributed by atoms with Gasteiger partial charge in [-0.1, -0.05) is 17.7 Å². The molecule has 3 N–H and O–H groups in total. The molecule has 6 nitrogen and oxygen atoms in total. The quantitative estimate of drug-likeness (QED) is 0.328. The van der Waals surface area contributed by atoms with Crippen molar-refractivity contribution < 1.29 is 0 Å². The van der Waals surface area contributed by atoms with Crippen LogP contribution in [0.3, 0.4) is 0 Å². The highest BCUT2D eigenvalue weighted by atomic mass is 35.5. The van der Waals surface area contributed by atoms with Gasteiger partial charge >= 0.3 is 0 Å². The number of hydrogen-bond donors (Lipinski definition) is 3. The smallest absolute Gasteiger partial charge is 0.229 e. The Morgan fingerprint density at radius 3 is 2.44 bits per heavy atom. The number of halogens is 1. The van der Waals surface area contributed by atoms with Crippen molar-refractivity contribution >= 4 is 46.5 Å². The second-order valence-electron chi connectivity index (χ2n) is 5.17. The van der Waals surface area contributed by atoms with E-state index < -0.39 is 0 Å². The first-order chi connectivity index (χ1) is 12.0. The van der Waals surface area contributed by atoms with Gasteiger partial charge in [0.05, 0.1) is 0 Å². The molecular weight excluding hydrogens is 356 g/mol. The van der Waals surface area contributed by atoms with E-state index in [9.17, 15) is 0 Å². The summed E-state index contributed by atoms with van der Waals surface area (Å²) in [5, 5.41) is 10.1. The normalized spacial score (nSPS) is 10.9. The second kappa shape index (κ2) is 9.10. The van der Waals surface area contributed by atoms with E-state index in [4.69, 9.17) is 23.8 Å². The van der Waals surface area contributed by atoms with Gasteiger partial charge in [0.2, 0.25) is 11.9 Å². The highest BCUT2D eigenvalue weighted by molar-refractivity contribution is 7.80. The molecular formula is C17H19ClN6S. The molecule has 0 radical (unpaired) electrons. The lowest BCUT2D eigenvalue weighted by Crippen LogP contribution is -2.28. The maximum atomic E-state index is 5.92. The van der Waals surface area contributed by atoms with Crippen molar-refractivity contribution in [2.75, 3.05) is 17.2 Å². The molecule has 1 aromatic heterocycles. The zero-order chi connectivity index (χ0) is 18.2. The van der Waals surface area contributed by atoms with Crippen molar-refractivity contribution in [1.82, 2.24) is 15.3 Å². The lowest BCUT2D eigenvalue weighted by Gasteiger charge is -2.13. The summed E-state index contributed by atoms with van der Waals surface area (Å²) in [4.78, 5) is 13.1. The highest BCUT2D eigenvalue weighted by Crippen LogP contribution is 2.14. The molecule has 2 rings (SSSR count). The minimum absolute atomic E-state index is 0.313. The predicted octanol–water partition coefficient (Wildman–Crippen LogP) is 3.69. The molecule has 0 saturated heterocycles. The molecule has 2 aromatic rings. The van der Waals surface area contributed by atoms with Crippen molar-refractivity contribution in [1.29, 1.82) is 0 Å². The fraction of sp³-hybridized carbons (Fsp3) is 0.176. The van der Waals surface area contributed by atoms with Crippen LogP contribution in [0.15, 0.2) is 48.0 Å². The molecule has 0 fully saturated rings. The second-order valence-corrected chi connectivity index (χ2v) is 5.99. The van der Waals surface area contributed by atoms with Gasteiger partial charge in [-0.25, -0.2) is 9.97 Å². The molecule has 0 aliphatic heterocycles. The van der Waals surface area contributed by atoms with Gasteiger partial charge in [-0.3, -0.25) is 5.32 Å². The first-order valence-corrected chi connectivity index (χ1v) is 8.34. The van der Waals surface area contributed by atoms with E-state index in [1.807, 2.05) is 32.0 Å². The van der Waals surface area contributed by atoms with Crippen molar-refractivity contribution in [2.24, 2.45) is 4.99 Å². The molecule has 0 bridgehead atoms. The molecule has 0 saturated carbocycles. The molecule has 1 heterocycles. The summed E-state index contributed by atoms with van der Waals surface area (Å²) in [6, 6.07) is 9.13. The number of hydrogen-bond acceptors (Lipinski definition) is 3. The van der Waals surface area contributed by atoms with E-state index in [-0.39, 0.29) is 0 Å². The van der Waals surface area contributed by atoms with Gasteiger partial charge in [-0.05, 0) is 56.4 Å². The summed E-state index contributed by atoms with van der Waals surface area (Å²) in [5.41, 5.74) is 2.51. The van der Waals surface area contributed by atoms with Crippen LogP contribution in [0.1, 0.15) is 11.4 Å². The fourth-order valence-corrected chi connectivity index (χ4v) is 2.25. The number of aromatic nitrogens is 2. The first-order valence-electron chi connectivity index (χ1n) is 7.55. The Bertz CT molecular complexity index is 768. The van der Waals surface area contributed by atoms with Crippen molar-refractivity contribution in [3.8, 4) is 0 Å². The maximum Gasteiger partial charge on any atom is 0.229 e. The van der Waals surface area contributed by atoms with Crippen molar-refractivity contribution in [3.05, 3.63) is 59.4 Å². The van der Waals surface area contributed by atoms with Gasteiger partial charge in [-0.2, -0.15) is 4.99 Å². The van der Waals surface area contributed by atoms with Gasteiger partial charge in [0.1, 0.15) is 0 Å². The molecule has 0 aliphatic carbocycles. The van der Waals surface area contributed by atoms with Crippen molar-refractivity contribution in [2.45, 2.75) is 13.8 Å². The van der Waals surface area contributed by atoms with Crippen LogP contribution in [0.25, 0.3) is 0 Å². The lowest BCUT2D eigenvalue weighted by molar-refractivity contribution is 1.05. The van der Waals surface area contributed by atoms with Crippen molar-refractivity contribution in [3.63, 3.8) is 0 Å². The predicted molar refractivity (Wildman–Crippen MR) is 108 cm³/mol. The Kier molecular flexibility index (Phi) is 6.85. The summed E-state index contributed by atoms with van der Waals surface area (Å²) < 4.78 is 0. The standard InChI is InChI=1S/C17H19ClN6S/c1-4-9-19-17(25)24-16(22-14-7-5-13(18)6-8-14)23-15-20-11(2)10-12(3)21-15/h4-8,10H,1,9H2,2-3H3,(H3,19,20,21,22,23,24,25). The summed E-state index contributed by atoms with van der Waals surface area (Å²) in [5.74, 6) is 0.832. The first kappa shape index (κ1) is 18.8. The largest absolute Gasteiger partial charge is 0.357 e. The van der Waals surface area contributed by atoms with Gasteiger partial charge in [-0.15, -0.1) is 6.58 Å². The van der Waals surface area contributed by atoms with Gasteiger partial charge in [0, 0.05) is 28.6 Å². The lowest BCUT2D eigenvalue weighted by atomic mass is 10.3. The van der Waals surface area contributed by atoms with E-state index in [1.165, 1.54) is 0 Å². The summed E-state index contributed by atoms with van der Waals surface area (Å²) >= 11 is 11.1. The summed E-state index contributed by atoms with van der Waals surface area (Å²) in [6.45, 7) is 7.97. The van der Waals surface area contributed by atoms with Crippen LogP contribution >= 0.6 is 23.8 Å². The molecule has 1 aromatic carbocycles. The zero-order valence-electron chi connectivity index (χ0n) is 14.0. The molecule has 8 heteroatoms. The van der Waals surface area contributed by atoms with Crippen LogP contribution in [-0.2, 0) is 0 Å². The van der Waals surface area contributed by atoms with E-state index in [1.54, 1.807) is 18.2 Å². The van der Waals surface area contributed by atoms with Crippen LogP contribution in [0.2, 0.25) is 5.02 Å². The Hall–Kier alpha value is -2.51. The third kappa shape index (κ3) is 6.48. The van der Waals surface area contributed by atoms with E-state index >= 15 is 0 Å². The molecule has 0 unspecified atom stereocenters. The number of rotatable bonds is 4. The number of aliphatic imine (C=N–C) groups is 1. The Morgan fingerprint density at radius 1 is 1.20 bits per heavy atom. The van der Waals surface area contributed by atoms with Crippen LogP contribution in [0.5, 0.6) is 0 Å². The Balaban J connectivity index is 2.23. The summed E-state index contributed by atoms with van der Waals surface area (Å²) in [7, 11) is 0. The average molecular weight is 375 g/mol. The van der Waals surface area contributed by atoms with Gasteiger partial charge < -0.3 is 10.6 Å². The number of benzene rings is 1. The zero-order valence-corrected chi connectivity index (χ0v) is 15.6. The molecule has 25 heavy (non-hydrogen) atoms. The highest BCUT2D eigenvalue weighted by Gasteiger charge is 2.07. The number of guanidine groups is 1. The van der Waals surface area contributed by atoms with Crippen LogP contribution < -0.4 is 16.0 Å². The number of anilines is 2. The monoisotopic (exact) mass is 374 g/mol. The number of nitrogens with zero attached hydrogens (tertiary/aromatic N) is 3. The Morgan fingerprint density at radius 2 is 1.84 bits per heavy atom. The molecule has 130 valence electrons. The van der Waals surface area contributed by atoms with E-state index in [2.05, 4.69) is 37.5 Å². The average Bonchev–Trinajstić information content (AvgIpc) is 2.54. The van der Waals surface area contributed by atoms with Gasteiger partial charge in [0.25, 0.3) is 0 Å². The minimum atomic E-state index is 0.313. The van der Waals surface area contributed by atoms with E-state index in [0.717, 1.165) is 17.1 Å². The number of nitrogens with one attached hydrogen (secondary N) is 3. The topological polar surface area (TPSA) is 74.2 Å². The van der Waals surface area contributed by atoms with Crippen LogP contribution in [0.4, 0.5) is 11.6 Å². The fourth-order valence-electron chi connectivity index (χ4n) is 1.95. The van der Waals surface area contributed by atoms with Gasteiger partial charge in [0.15, 0.2) is 5.11 Å². The third-order valence-corrected chi connectivity index (χ3v) is 3.42. The summed E-state index contributed by atoms with van der Waals surface area (Å²) in [6.07, 6.45) is 1.70.